The Bertz CT molecular complexity index is 609. The van der Waals surface area contributed by atoms with Crippen LogP contribution in [0.5, 0.6) is 0 Å². The highest BCUT2D eigenvalue weighted by molar-refractivity contribution is 5.76. The molecule has 1 aliphatic heterocycles. The molecule has 0 spiro atoms. The summed E-state index contributed by atoms with van der Waals surface area (Å²) in [5.74, 6) is -1.35. The van der Waals surface area contributed by atoms with E-state index in [4.69, 9.17) is 4.74 Å². The van der Waals surface area contributed by atoms with E-state index < -0.39 is 18.0 Å². The van der Waals surface area contributed by atoms with Crippen molar-refractivity contribution >= 4 is 11.9 Å². The Morgan fingerprint density at radius 3 is 2.76 bits per heavy atom. The third kappa shape index (κ3) is 4.21. The first-order valence-electron chi connectivity index (χ1n) is 9.18. The van der Waals surface area contributed by atoms with Crippen LogP contribution in [0.15, 0.2) is 12.4 Å². The number of carboxylic acids is 1. The zero-order valence-electron chi connectivity index (χ0n) is 14.8. The zero-order chi connectivity index (χ0) is 17.8. The molecule has 25 heavy (non-hydrogen) atoms. The Balaban J connectivity index is 1.62. The highest BCUT2D eigenvalue weighted by Gasteiger charge is 2.34. The number of carbonyl (C=O) groups excluding carboxylic acids is 1. The molecule has 1 amide bonds. The summed E-state index contributed by atoms with van der Waals surface area (Å²) in [6, 6.07) is 0.328. The molecule has 1 aliphatic carbocycles. The number of amides is 1. The summed E-state index contributed by atoms with van der Waals surface area (Å²) in [5.41, 5.74) is 0.736. The first kappa shape index (κ1) is 17.9. The van der Waals surface area contributed by atoms with Gasteiger partial charge in [-0.3, -0.25) is 14.3 Å². The number of hydrogen-bond acceptors (Lipinski definition) is 4. The van der Waals surface area contributed by atoms with Crippen molar-refractivity contribution in [3.8, 4) is 0 Å². The normalized spacial score (nSPS) is 24.8. The molecule has 3 rings (SSSR count). The van der Waals surface area contributed by atoms with Gasteiger partial charge in [0.25, 0.3) is 0 Å². The van der Waals surface area contributed by atoms with Crippen molar-refractivity contribution < 1.29 is 19.4 Å². The molecule has 1 saturated heterocycles. The van der Waals surface area contributed by atoms with E-state index in [9.17, 15) is 14.7 Å². The molecule has 1 N–H and O–H groups in total. The van der Waals surface area contributed by atoms with Crippen molar-refractivity contribution in [2.45, 2.75) is 63.6 Å². The van der Waals surface area contributed by atoms with Gasteiger partial charge in [0.2, 0.25) is 5.91 Å². The maximum absolute atomic E-state index is 12.5. The number of hydrogen-bond donors (Lipinski definition) is 1. The maximum Gasteiger partial charge on any atom is 0.309 e. The molecule has 2 aliphatic rings. The predicted molar refractivity (Wildman–Crippen MR) is 90.9 cm³/mol. The lowest BCUT2D eigenvalue weighted by molar-refractivity contribution is -0.152. The van der Waals surface area contributed by atoms with Crippen molar-refractivity contribution in [1.82, 2.24) is 14.7 Å². The topological polar surface area (TPSA) is 84.7 Å². The van der Waals surface area contributed by atoms with Gasteiger partial charge in [-0.15, -0.1) is 0 Å². The second-order valence-corrected chi connectivity index (χ2v) is 7.15. The Morgan fingerprint density at radius 2 is 2.04 bits per heavy atom. The lowest BCUT2D eigenvalue weighted by Gasteiger charge is -2.31. The summed E-state index contributed by atoms with van der Waals surface area (Å²) in [5, 5.41) is 13.6. The summed E-state index contributed by atoms with van der Waals surface area (Å²) in [4.78, 5) is 25.8. The molecule has 2 heterocycles. The van der Waals surface area contributed by atoms with E-state index in [0.717, 1.165) is 24.8 Å². The number of likely N-dealkylation sites (N-methyl/N-ethyl adjacent to an activating group) is 1. The van der Waals surface area contributed by atoms with E-state index in [2.05, 4.69) is 5.10 Å². The molecular formula is C18H27N3O4. The molecule has 0 unspecified atom stereocenters. The Kier molecular flexibility index (Phi) is 5.73. The predicted octanol–water partition coefficient (Wildman–Crippen LogP) is 2.23. The van der Waals surface area contributed by atoms with Gasteiger partial charge in [-0.1, -0.05) is 19.3 Å². The molecule has 1 saturated carbocycles. The lowest BCUT2D eigenvalue weighted by Crippen LogP contribution is -2.40. The fraction of sp³-hybridized carbons (Fsp3) is 0.722. The van der Waals surface area contributed by atoms with Crippen LogP contribution in [0, 0.1) is 5.92 Å². The summed E-state index contributed by atoms with van der Waals surface area (Å²) in [6.07, 6.45) is 10.0. The van der Waals surface area contributed by atoms with E-state index in [1.807, 2.05) is 11.9 Å². The summed E-state index contributed by atoms with van der Waals surface area (Å²) in [6.45, 7) is 0.737. The van der Waals surface area contributed by atoms with E-state index in [-0.39, 0.29) is 12.5 Å². The van der Waals surface area contributed by atoms with Crippen LogP contribution in [-0.2, 0) is 20.9 Å². The second kappa shape index (κ2) is 7.99. The largest absolute Gasteiger partial charge is 0.481 e. The fourth-order valence-electron chi connectivity index (χ4n) is 3.90. The van der Waals surface area contributed by atoms with Gasteiger partial charge in [-0.2, -0.15) is 5.10 Å². The average molecular weight is 349 g/mol. The third-order valence-electron chi connectivity index (χ3n) is 5.43. The first-order chi connectivity index (χ1) is 12.1. The monoisotopic (exact) mass is 349 g/mol. The standard InChI is InChI=1S/C18H27N3O4/c1-20(14-6-3-2-4-7-14)16(22)12-21-11-13(10-19-21)17-15(18(23)24)8-5-9-25-17/h10-11,14-15,17H,2-9,12H2,1H3,(H,23,24)/t15-,17+/m1/s1. The summed E-state index contributed by atoms with van der Waals surface area (Å²) in [7, 11) is 1.87. The number of nitrogens with zero attached hydrogens (tertiary/aromatic N) is 3. The Morgan fingerprint density at radius 1 is 1.28 bits per heavy atom. The Hall–Kier alpha value is -1.89. The second-order valence-electron chi connectivity index (χ2n) is 7.15. The number of rotatable bonds is 5. The van der Waals surface area contributed by atoms with Crippen LogP contribution < -0.4 is 0 Å². The van der Waals surface area contributed by atoms with Crippen LogP contribution >= 0.6 is 0 Å². The molecule has 1 aromatic heterocycles. The van der Waals surface area contributed by atoms with E-state index in [1.165, 1.54) is 19.3 Å². The SMILES string of the molecule is CN(C(=O)Cn1cc([C@@H]2OCCC[C@H]2C(=O)O)cn1)C1CCCCC1. The minimum Gasteiger partial charge on any atom is -0.481 e. The average Bonchev–Trinajstić information content (AvgIpc) is 3.10. The number of aliphatic carboxylic acids is 1. The number of ether oxygens (including phenoxy) is 1. The van der Waals surface area contributed by atoms with Crippen LogP contribution in [0.3, 0.4) is 0 Å². The van der Waals surface area contributed by atoms with Gasteiger partial charge in [0.15, 0.2) is 0 Å². The van der Waals surface area contributed by atoms with Crippen LogP contribution in [0.1, 0.15) is 56.6 Å². The third-order valence-corrected chi connectivity index (χ3v) is 5.43. The molecule has 7 nitrogen and oxygen atoms in total. The van der Waals surface area contributed by atoms with Gasteiger partial charge >= 0.3 is 5.97 Å². The molecule has 0 aromatic carbocycles. The van der Waals surface area contributed by atoms with E-state index >= 15 is 0 Å². The molecule has 2 fully saturated rings. The highest BCUT2D eigenvalue weighted by Crippen LogP contribution is 2.33. The van der Waals surface area contributed by atoms with Crippen molar-refractivity contribution in [2.75, 3.05) is 13.7 Å². The fourth-order valence-corrected chi connectivity index (χ4v) is 3.90. The molecule has 0 radical (unpaired) electrons. The first-order valence-corrected chi connectivity index (χ1v) is 9.18. The van der Waals surface area contributed by atoms with Gasteiger partial charge in [-0.25, -0.2) is 0 Å². The van der Waals surface area contributed by atoms with Gasteiger partial charge < -0.3 is 14.7 Å². The van der Waals surface area contributed by atoms with Crippen LogP contribution in [0.4, 0.5) is 0 Å². The lowest BCUT2D eigenvalue weighted by atomic mass is 9.91. The number of carboxylic acid groups (broad SMARTS) is 1. The van der Waals surface area contributed by atoms with Crippen LogP contribution in [0.2, 0.25) is 0 Å². The van der Waals surface area contributed by atoms with Crippen LogP contribution in [0.25, 0.3) is 0 Å². The Labute approximate surface area is 147 Å². The highest BCUT2D eigenvalue weighted by atomic mass is 16.5. The minimum atomic E-state index is -0.842. The zero-order valence-corrected chi connectivity index (χ0v) is 14.8. The van der Waals surface area contributed by atoms with Crippen molar-refractivity contribution in [3.05, 3.63) is 18.0 Å². The molecule has 1 aromatic rings. The van der Waals surface area contributed by atoms with Gasteiger partial charge in [0, 0.05) is 31.5 Å². The van der Waals surface area contributed by atoms with Gasteiger partial charge in [0.1, 0.15) is 6.54 Å². The minimum absolute atomic E-state index is 0.0425. The van der Waals surface area contributed by atoms with Gasteiger partial charge in [-0.05, 0) is 25.7 Å². The van der Waals surface area contributed by atoms with Gasteiger partial charge in [0.05, 0.1) is 18.2 Å². The van der Waals surface area contributed by atoms with Crippen LogP contribution in [-0.4, -0.2) is 51.4 Å². The quantitative estimate of drug-likeness (QED) is 0.881. The summed E-state index contributed by atoms with van der Waals surface area (Å²) < 4.78 is 7.26. The van der Waals surface area contributed by atoms with E-state index in [0.29, 0.717) is 19.1 Å². The van der Waals surface area contributed by atoms with E-state index in [1.54, 1.807) is 17.1 Å². The molecule has 138 valence electrons. The molecule has 7 heteroatoms. The molecule has 0 bridgehead atoms. The number of aromatic nitrogens is 2. The van der Waals surface area contributed by atoms with Crippen molar-refractivity contribution in [3.63, 3.8) is 0 Å². The summed E-state index contributed by atoms with van der Waals surface area (Å²) >= 11 is 0. The van der Waals surface area contributed by atoms with Crippen molar-refractivity contribution in [1.29, 1.82) is 0 Å². The molecule has 2 atom stereocenters. The van der Waals surface area contributed by atoms with Crippen molar-refractivity contribution in [2.24, 2.45) is 5.92 Å². The number of carbonyl (C=O) groups is 2. The maximum atomic E-state index is 12.5. The smallest absolute Gasteiger partial charge is 0.309 e. The molecular weight excluding hydrogens is 322 g/mol.